The van der Waals surface area contributed by atoms with E-state index in [1.807, 2.05) is 25.3 Å². The van der Waals surface area contributed by atoms with Crippen LogP contribution in [0.5, 0.6) is 0 Å². The van der Waals surface area contributed by atoms with Gasteiger partial charge in [0.2, 0.25) is 15.9 Å². The van der Waals surface area contributed by atoms with Gasteiger partial charge >= 0.3 is 0 Å². The second-order valence-electron chi connectivity index (χ2n) is 8.56. The zero-order chi connectivity index (χ0) is 21.9. The van der Waals surface area contributed by atoms with E-state index in [4.69, 9.17) is 0 Å². The van der Waals surface area contributed by atoms with E-state index >= 15 is 0 Å². The summed E-state index contributed by atoms with van der Waals surface area (Å²) in [6.07, 6.45) is 3.12. The van der Waals surface area contributed by atoms with Crippen molar-refractivity contribution in [2.75, 3.05) is 18.0 Å². The van der Waals surface area contributed by atoms with Gasteiger partial charge in [-0.3, -0.25) is 14.5 Å². The number of likely N-dealkylation sites (tertiary alicyclic amines) is 1. The highest BCUT2D eigenvalue weighted by Gasteiger charge is 2.54. The second kappa shape index (κ2) is 7.39. The third kappa shape index (κ3) is 3.28. The predicted octanol–water partition coefficient (Wildman–Crippen LogP) is 2.19. The molecule has 0 spiro atoms. The number of fused-ring (bicyclic) bond motifs is 2. The van der Waals surface area contributed by atoms with Crippen molar-refractivity contribution >= 4 is 39.0 Å². The van der Waals surface area contributed by atoms with E-state index in [1.165, 1.54) is 27.9 Å². The Morgan fingerprint density at radius 1 is 1.13 bits per heavy atom. The van der Waals surface area contributed by atoms with Crippen molar-refractivity contribution in [3.05, 3.63) is 40.7 Å². The molecule has 0 bridgehead atoms. The summed E-state index contributed by atoms with van der Waals surface area (Å²) < 4.78 is 28.9. The Kier molecular flexibility index (Phi) is 4.91. The van der Waals surface area contributed by atoms with Gasteiger partial charge in [-0.25, -0.2) is 13.4 Å². The van der Waals surface area contributed by atoms with Crippen LogP contribution in [0.4, 0.5) is 5.82 Å². The molecule has 0 radical (unpaired) electrons. The highest BCUT2D eigenvalue weighted by atomic mass is 32.2. The zero-order valence-corrected chi connectivity index (χ0v) is 19.0. The van der Waals surface area contributed by atoms with Crippen molar-refractivity contribution in [2.24, 2.45) is 5.92 Å². The molecule has 2 amide bonds. The Bertz CT molecular complexity index is 1130. The Hall–Kier alpha value is -2.30. The number of amides is 2. The number of rotatable bonds is 3. The van der Waals surface area contributed by atoms with E-state index in [9.17, 15) is 18.0 Å². The molecule has 0 aromatic carbocycles. The molecule has 5 rings (SSSR count). The van der Waals surface area contributed by atoms with Crippen molar-refractivity contribution in [3.8, 4) is 0 Å². The van der Waals surface area contributed by atoms with Crippen molar-refractivity contribution < 1.29 is 18.0 Å². The van der Waals surface area contributed by atoms with Crippen LogP contribution in [-0.2, 0) is 14.8 Å². The molecule has 0 N–H and O–H groups in total. The van der Waals surface area contributed by atoms with Gasteiger partial charge in [-0.15, -0.1) is 11.3 Å². The average molecular weight is 461 g/mol. The molecule has 2 aromatic heterocycles. The Balaban J connectivity index is 1.65. The number of hydrogen-bond donors (Lipinski definition) is 0. The van der Waals surface area contributed by atoms with Crippen molar-refractivity contribution in [2.45, 2.75) is 49.7 Å². The van der Waals surface area contributed by atoms with Gasteiger partial charge in [-0.2, -0.15) is 4.31 Å². The first-order valence-corrected chi connectivity index (χ1v) is 12.8. The summed E-state index contributed by atoms with van der Waals surface area (Å²) >= 11 is 1.36. The SMILES string of the molecule is CC(C)N1[C@H]2CN(C(=O)c3cccs3)C[C@H]2N(C(=O)C2CC2)c2ncccc2S1(=O)=O. The third-order valence-electron chi connectivity index (χ3n) is 6.14. The van der Waals surface area contributed by atoms with Crippen LogP contribution in [0.3, 0.4) is 0 Å². The first-order valence-electron chi connectivity index (χ1n) is 10.4. The molecule has 2 fully saturated rings. The van der Waals surface area contributed by atoms with Crippen LogP contribution >= 0.6 is 11.3 Å². The maximum Gasteiger partial charge on any atom is 0.264 e. The monoisotopic (exact) mass is 460 g/mol. The smallest absolute Gasteiger partial charge is 0.264 e. The molecule has 1 aliphatic carbocycles. The van der Waals surface area contributed by atoms with E-state index in [2.05, 4.69) is 4.98 Å². The quantitative estimate of drug-likeness (QED) is 0.700. The predicted molar refractivity (Wildman–Crippen MR) is 116 cm³/mol. The Morgan fingerprint density at radius 3 is 2.52 bits per heavy atom. The fourth-order valence-corrected chi connectivity index (χ4v) is 7.33. The number of aromatic nitrogens is 1. The molecular weight excluding hydrogens is 436 g/mol. The van der Waals surface area contributed by atoms with Crippen LogP contribution in [0.2, 0.25) is 0 Å². The molecule has 2 aromatic rings. The fraction of sp³-hybridized carbons (Fsp3) is 0.476. The molecule has 4 heterocycles. The van der Waals surface area contributed by atoms with Gasteiger partial charge in [0.1, 0.15) is 4.90 Å². The van der Waals surface area contributed by atoms with E-state index in [0.29, 0.717) is 4.88 Å². The second-order valence-corrected chi connectivity index (χ2v) is 11.3. The van der Waals surface area contributed by atoms with Crippen molar-refractivity contribution in [1.29, 1.82) is 0 Å². The summed E-state index contributed by atoms with van der Waals surface area (Å²) in [7, 11) is -3.91. The Labute approximate surface area is 185 Å². The van der Waals surface area contributed by atoms with Crippen molar-refractivity contribution in [1.82, 2.24) is 14.2 Å². The van der Waals surface area contributed by atoms with Gasteiger partial charge < -0.3 is 4.90 Å². The molecule has 10 heteroatoms. The molecule has 0 unspecified atom stereocenters. The Morgan fingerprint density at radius 2 is 1.87 bits per heavy atom. The summed E-state index contributed by atoms with van der Waals surface area (Å²) in [5.74, 6) is -0.153. The van der Waals surface area contributed by atoms with Crippen LogP contribution in [-0.4, -0.2) is 65.6 Å². The lowest BCUT2D eigenvalue weighted by molar-refractivity contribution is -0.120. The third-order valence-corrected chi connectivity index (χ3v) is 9.12. The van der Waals surface area contributed by atoms with Gasteiger partial charge in [0.05, 0.1) is 17.0 Å². The summed E-state index contributed by atoms with van der Waals surface area (Å²) in [6.45, 7) is 4.16. The number of thiophene rings is 1. The summed E-state index contributed by atoms with van der Waals surface area (Å²) in [5, 5.41) is 1.84. The highest BCUT2D eigenvalue weighted by Crippen LogP contribution is 2.42. The number of pyridine rings is 1. The van der Waals surface area contributed by atoms with E-state index in [0.717, 1.165) is 12.8 Å². The zero-order valence-electron chi connectivity index (χ0n) is 17.3. The average Bonchev–Trinajstić information content (AvgIpc) is 3.30. The molecule has 2 atom stereocenters. The highest BCUT2D eigenvalue weighted by molar-refractivity contribution is 7.89. The molecule has 31 heavy (non-hydrogen) atoms. The molecule has 2 aliphatic heterocycles. The summed E-state index contributed by atoms with van der Waals surface area (Å²) in [5.41, 5.74) is 0. The van der Waals surface area contributed by atoms with E-state index < -0.39 is 22.1 Å². The maximum atomic E-state index is 13.7. The minimum Gasteiger partial charge on any atom is -0.334 e. The number of hydrogen-bond acceptors (Lipinski definition) is 6. The van der Waals surface area contributed by atoms with Gasteiger partial charge in [0.25, 0.3) is 5.91 Å². The maximum absolute atomic E-state index is 13.7. The molecule has 1 saturated heterocycles. The van der Waals surface area contributed by atoms with Gasteiger partial charge in [0, 0.05) is 31.2 Å². The number of nitrogens with zero attached hydrogens (tertiary/aromatic N) is 4. The van der Waals surface area contributed by atoms with Crippen LogP contribution in [0, 0.1) is 5.92 Å². The van der Waals surface area contributed by atoms with Crippen LogP contribution in [0.25, 0.3) is 0 Å². The lowest BCUT2D eigenvalue weighted by Crippen LogP contribution is -2.54. The standard InChI is InChI=1S/C21H24N4O4S2/c1-13(2)25-16-12-23(21(27)17-5-4-10-30-17)11-15(16)24(20(26)14-7-8-14)19-18(31(25,28)29)6-3-9-22-19/h3-6,9-10,13-16H,7-8,11-12H2,1-2H3/t15-,16+/m1/s1. The van der Waals surface area contributed by atoms with Crippen LogP contribution < -0.4 is 4.90 Å². The summed E-state index contributed by atoms with van der Waals surface area (Å²) in [6, 6.07) is 5.34. The number of anilines is 1. The van der Waals surface area contributed by atoms with Gasteiger partial charge in [0.15, 0.2) is 5.82 Å². The van der Waals surface area contributed by atoms with E-state index in [1.54, 1.807) is 21.9 Å². The topological polar surface area (TPSA) is 90.9 Å². The molecule has 164 valence electrons. The minimum absolute atomic E-state index is 0.0585. The lowest BCUT2D eigenvalue weighted by atomic mass is 10.1. The largest absolute Gasteiger partial charge is 0.334 e. The fourth-order valence-electron chi connectivity index (χ4n) is 4.66. The first-order chi connectivity index (χ1) is 14.8. The van der Waals surface area contributed by atoms with Crippen LogP contribution in [0.15, 0.2) is 40.7 Å². The number of carbonyl (C=O) groups excluding carboxylic acids is 2. The number of sulfonamides is 1. The summed E-state index contributed by atoms with van der Waals surface area (Å²) in [4.78, 5) is 34.8. The molecule has 1 saturated carbocycles. The van der Waals surface area contributed by atoms with Crippen molar-refractivity contribution in [3.63, 3.8) is 0 Å². The molecule has 3 aliphatic rings. The lowest BCUT2D eigenvalue weighted by Gasteiger charge is -2.34. The molecule has 8 nitrogen and oxygen atoms in total. The molecular formula is C21H24N4O4S2. The normalized spacial score (nSPS) is 25.3. The minimum atomic E-state index is -3.91. The first kappa shape index (κ1) is 20.6. The van der Waals surface area contributed by atoms with E-state index in [-0.39, 0.29) is 47.6 Å². The van der Waals surface area contributed by atoms with Gasteiger partial charge in [-0.1, -0.05) is 6.07 Å². The van der Waals surface area contributed by atoms with Gasteiger partial charge in [-0.05, 0) is 50.3 Å². The number of carbonyl (C=O) groups is 2. The van der Waals surface area contributed by atoms with Crippen LogP contribution in [0.1, 0.15) is 36.4 Å².